The first-order valence-electron chi connectivity index (χ1n) is 11.1. The summed E-state index contributed by atoms with van der Waals surface area (Å²) in [5.41, 5.74) is 5.71. The van der Waals surface area contributed by atoms with Crippen LogP contribution in [0.4, 0.5) is 0 Å². The van der Waals surface area contributed by atoms with Crippen LogP contribution in [0, 0.1) is 0 Å². The van der Waals surface area contributed by atoms with Crippen LogP contribution in [-0.2, 0) is 4.79 Å². The molecule has 158 valence electrons. The van der Waals surface area contributed by atoms with E-state index in [4.69, 9.17) is 0 Å². The maximum absolute atomic E-state index is 13.7. The van der Waals surface area contributed by atoms with Crippen molar-refractivity contribution in [3.05, 3.63) is 65.7 Å². The minimum absolute atomic E-state index is 0.00640. The predicted molar refractivity (Wildman–Crippen MR) is 116 cm³/mol. The van der Waals surface area contributed by atoms with Crippen LogP contribution in [0.25, 0.3) is 0 Å². The van der Waals surface area contributed by atoms with Gasteiger partial charge in [-0.2, -0.15) is 0 Å². The molecule has 2 aromatic carbocycles. The zero-order valence-corrected chi connectivity index (χ0v) is 17.4. The zero-order valence-electron chi connectivity index (χ0n) is 17.4. The number of benzene rings is 2. The van der Waals surface area contributed by atoms with Crippen LogP contribution in [0.2, 0.25) is 0 Å². The minimum Gasteiger partial charge on any atom is -0.508 e. The van der Waals surface area contributed by atoms with Crippen LogP contribution in [0.1, 0.15) is 49.3 Å². The van der Waals surface area contributed by atoms with Gasteiger partial charge in [0.2, 0.25) is 5.91 Å². The van der Waals surface area contributed by atoms with Gasteiger partial charge >= 0.3 is 0 Å². The molecular formula is C24H30N4O2. The molecule has 5 rings (SSSR count). The fourth-order valence-electron chi connectivity index (χ4n) is 5.42. The number of hydrazine groups is 1. The summed E-state index contributed by atoms with van der Waals surface area (Å²) in [5, 5.41) is 15.2. The van der Waals surface area contributed by atoms with Gasteiger partial charge in [0.15, 0.2) is 0 Å². The Kier molecular flexibility index (Phi) is 5.23. The van der Waals surface area contributed by atoms with Crippen LogP contribution in [0.3, 0.4) is 0 Å². The standard InChI is InChI=1S/C24H30N4O2/c1-16-20(17-10-12-19(29)13-11-17)24(30)28-23(25-16)22(27-14-6-3-7-15-27)21(26-28)18-8-4-2-5-9-18/h2,4-5,8-13,16,20-23,25-26,29H,3,6-7,14-15H2,1H3. The summed E-state index contributed by atoms with van der Waals surface area (Å²) in [6.07, 6.45) is 3.64. The second-order valence-electron chi connectivity index (χ2n) is 8.78. The number of carbonyl (C=O) groups excluding carboxylic acids is 1. The average molecular weight is 407 g/mol. The van der Waals surface area contributed by atoms with Crippen LogP contribution in [0.15, 0.2) is 54.6 Å². The fraction of sp³-hybridized carbons (Fsp3) is 0.458. The molecule has 2 aromatic rings. The molecule has 3 saturated heterocycles. The van der Waals surface area contributed by atoms with E-state index >= 15 is 0 Å². The number of amides is 1. The number of piperidine rings is 1. The van der Waals surface area contributed by atoms with E-state index in [0.29, 0.717) is 0 Å². The van der Waals surface area contributed by atoms with Gasteiger partial charge in [-0.15, -0.1) is 0 Å². The molecule has 3 aliphatic rings. The maximum atomic E-state index is 13.7. The molecule has 3 heterocycles. The van der Waals surface area contributed by atoms with Crippen molar-refractivity contribution in [2.45, 2.75) is 56.4 Å². The SMILES string of the molecule is CC1NC2C(N3CCCCC3)C(c3ccccc3)NN2C(=O)C1c1ccc(O)cc1. The first-order valence-corrected chi connectivity index (χ1v) is 11.1. The van der Waals surface area contributed by atoms with E-state index in [1.54, 1.807) is 12.1 Å². The van der Waals surface area contributed by atoms with Crippen molar-refractivity contribution in [1.29, 1.82) is 0 Å². The normalized spacial score (nSPS) is 32.2. The Morgan fingerprint density at radius 1 is 0.933 bits per heavy atom. The lowest BCUT2D eigenvalue weighted by atomic mass is 9.87. The number of nitrogens with one attached hydrogen (secondary N) is 2. The minimum atomic E-state index is -0.286. The summed E-state index contributed by atoms with van der Waals surface area (Å²) in [4.78, 5) is 16.2. The van der Waals surface area contributed by atoms with Gasteiger partial charge in [-0.05, 0) is 56.1 Å². The lowest BCUT2D eigenvalue weighted by molar-refractivity contribution is -0.143. The van der Waals surface area contributed by atoms with Crippen molar-refractivity contribution in [3.63, 3.8) is 0 Å². The van der Waals surface area contributed by atoms with Crippen molar-refractivity contribution >= 4 is 5.91 Å². The number of likely N-dealkylation sites (tertiary alicyclic amines) is 1. The molecule has 3 fully saturated rings. The van der Waals surface area contributed by atoms with Crippen molar-refractivity contribution in [2.75, 3.05) is 13.1 Å². The molecule has 0 radical (unpaired) electrons. The second kappa shape index (κ2) is 8.02. The highest BCUT2D eigenvalue weighted by molar-refractivity contribution is 5.86. The number of nitrogens with zero attached hydrogens (tertiary/aromatic N) is 2. The lowest BCUT2D eigenvalue weighted by Gasteiger charge is -2.44. The summed E-state index contributed by atoms with van der Waals surface area (Å²) in [7, 11) is 0. The van der Waals surface area contributed by atoms with Crippen molar-refractivity contribution < 1.29 is 9.90 Å². The third-order valence-corrected chi connectivity index (χ3v) is 6.88. The molecule has 6 nitrogen and oxygen atoms in total. The summed E-state index contributed by atoms with van der Waals surface area (Å²) in [6, 6.07) is 17.8. The third kappa shape index (κ3) is 3.39. The Morgan fingerprint density at radius 3 is 2.33 bits per heavy atom. The van der Waals surface area contributed by atoms with Gasteiger partial charge in [0, 0.05) is 6.04 Å². The molecule has 6 heteroatoms. The molecule has 3 aliphatic heterocycles. The number of aromatic hydroxyl groups is 1. The number of phenolic OH excluding ortho intramolecular Hbond substituents is 1. The fourth-order valence-corrected chi connectivity index (χ4v) is 5.42. The molecule has 5 unspecified atom stereocenters. The topological polar surface area (TPSA) is 67.8 Å². The van der Waals surface area contributed by atoms with Crippen molar-refractivity contribution in [3.8, 4) is 5.75 Å². The monoisotopic (exact) mass is 406 g/mol. The molecule has 30 heavy (non-hydrogen) atoms. The van der Waals surface area contributed by atoms with E-state index in [1.807, 2.05) is 23.2 Å². The average Bonchev–Trinajstić information content (AvgIpc) is 3.16. The van der Waals surface area contributed by atoms with E-state index in [2.05, 4.69) is 46.8 Å². The van der Waals surface area contributed by atoms with E-state index in [0.717, 1.165) is 18.7 Å². The lowest BCUT2D eigenvalue weighted by Crippen LogP contribution is -2.65. The third-order valence-electron chi connectivity index (χ3n) is 6.88. The molecule has 0 bridgehead atoms. The van der Waals surface area contributed by atoms with E-state index in [-0.39, 0.29) is 41.9 Å². The number of phenols is 1. The summed E-state index contributed by atoms with van der Waals surface area (Å²) in [6.45, 7) is 4.24. The Morgan fingerprint density at radius 2 is 1.63 bits per heavy atom. The number of hydrogen-bond acceptors (Lipinski definition) is 5. The quantitative estimate of drug-likeness (QED) is 0.731. The zero-order chi connectivity index (χ0) is 20.7. The van der Waals surface area contributed by atoms with Crippen molar-refractivity contribution in [2.24, 2.45) is 0 Å². The largest absolute Gasteiger partial charge is 0.508 e. The van der Waals surface area contributed by atoms with Gasteiger partial charge in [-0.1, -0.05) is 48.9 Å². The smallest absolute Gasteiger partial charge is 0.247 e. The van der Waals surface area contributed by atoms with Gasteiger partial charge in [-0.3, -0.25) is 20.0 Å². The van der Waals surface area contributed by atoms with Crippen LogP contribution in [-0.4, -0.2) is 52.3 Å². The molecule has 3 N–H and O–H groups in total. The van der Waals surface area contributed by atoms with Crippen LogP contribution >= 0.6 is 0 Å². The van der Waals surface area contributed by atoms with Gasteiger partial charge in [0.1, 0.15) is 11.9 Å². The highest BCUT2D eigenvalue weighted by atomic mass is 16.3. The van der Waals surface area contributed by atoms with Gasteiger partial charge < -0.3 is 5.11 Å². The first-order chi connectivity index (χ1) is 14.6. The second-order valence-corrected chi connectivity index (χ2v) is 8.78. The first kappa shape index (κ1) is 19.5. The Labute approximate surface area is 177 Å². The highest BCUT2D eigenvalue weighted by Gasteiger charge is 2.53. The molecule has 0 saturated carbocycles. The number of carbonyl (C=O) groups is 1. The van der Waals surface area contributed by atoms with Crippen LogP contribution < -0.4 is 10.7 Å². The number of hydrogen-bond donors (Lipinski definition) is 3. The molecule has 0 aliphatic carbocycles. The van der Waals surface area contributed by atoms with Gasteiger partial charge in [-0.25, -0.2) is 5.43 Å². The van der Waals surface area contributed by atoms with Gasteiger partial charge in [0.25, 0.3) is 0 Å². The van der Waals surface area contributed by atoms with Gasteiger partial charge in [0.05, 0.1) is 18.0 Å². The van der Waals surface area contributed by atoms with Crippen molar-refractivity contribution in [1.82, 2.24) is 20.7 Å². The van der Waals surface area contributed by atoms with Crippen LogP contribution in [0.5, 0.6) is 5.75 Å². The highest BCUT2D eigenvalue weighted by Crippen LogP contribution is 2.38. The summed E-state index contributed by atoms with van der Waals surface area (Å²) < 4.78 is 0. The molecule has 1 amide bonds. The number of fused-ring (bicyclic) bond motifs is 1. The molecule has 0 spiro atoms. The Balaban J connectivity index is 1.48. The number of rotatable bonds is 3. The maximum Gasteiger partial charge on any atom is 0.247 e. The Hall–Kier alpha value is -2.41. The van der Waals surface area contributed by atoms with E-state index < -0.39 is 0 Å². The molecule has 0 aromatic heterocycles. The summed E-state index contributed by atoms with van der Waals surface area (Å²) >= 11 is 0. The van der Waals surface area contributed by atoms with E-state index in [9.17, 15) is 9.90 Å². The summed E-state index contributed by atoms with van der Waals surface area (Å²) in [5.74, 6) is 0.0253. The Bertz CT molecular complexity index is 882. The predicted octanol–water partition coefficient (Wildman–Crippen LogP) is 2.74. The molecular weight excluding hydrogens is 376 g/mol. The molecule has 5 atom stereocenters. The van der Waals surface area contributed by atoms with E-state index in [1.165, 1.54) is 24.8 Å².